The fourth-order valence-electron chi connectivity index (χ4n) is 1.44. The molecule has 2 heterocycles. The Labute approximate surface area is 80.3 Å². The molecule has 0 aliphatic rings. The van der Waals surface area contributed by atoms with Gasteiger partial charge in [-0.2, -0.15) is 0 Å². The third-order valence-corrected chi connectivity index (χ3v) is 2.16. The highest BCUT2D eigenvalue weighted by Crippen LogP contribution is 2.14. The van der Waals surface area contributed by atoms with Crippen molar-refractivity contribution < 1.29 is 4.74 Å². The van der Waals surface area contributed by atoms with Crippen molar-refractivity contribution in [1.82, 2.24) is 14.5 Å². The molecule has 2 rings (SSSR count). The summed E-state index contributed by atoms with van der Waals surface area (Å²) in [5.74, 6) is 0.652. The summed E-state index contributed by atoms with van der Waals surface area (Å²) in [6.45, 7) is 2.53. The van der Waals surface area contributed by atoms with Gasteiger partial charge in [0.1, 0.15) is 5.75 Å². The number of nitrogens with zero attached hydrogens (tertiary/aromatic N) is 2. The summed E-state index contributed by atoms with van der Waals surface area (Å²) in [5, 5.41) is 0. The minimum absolute atomic E-state index is 0.136. The maximum atomic E-state index is 11.4. The molecule has 0 saturated carbocycles. The standard InChI is InChI=1S/C9H11N3O2/c1-3-12-7-4-6(14-2)5-10-8(7)11-9(12)13/h4-5H,3H2,1-2H3,(H,10,11,13). The lowest BCUT2D eigenvalue weighted by atomic mass is 10.4. The van der Waals surface area contributed by atoms with Crippen LogP contribution in [0.5, 0.6) is 5.75 Å². The van der Waals surface area contributed by atoms with E-state index in [2.05, 4.69) is 9.97 Å². The number of aromatic nitrogens is 3. The molecule has 0 atom stereocenters. The van der Waals surface area contributed by atoms with Crippen LogP contribution in [-0.2, 0) is 6.54 Å². The second-order valence-electron chi connectivity index (χ2n) is 2.92. The third-order valence-electron chi connectivity index (χ3n) is 2.16. The number of hydrogen-bond acceptors (Lipinski definition) is 3. The average Bonchev–Trinajstić information content (AvgIpc) is 2.52. The quantitative estimate of drug-likeness (QED) is 0.765. The Morgan fingerprint density at radius 1 is 1.64 bits per heavy atom. The van der Waals surface area contributed by atoms with Gasteiger partial charge in [0.2, 0.25) is 0 Å². The molecule has 1 N–H and O–H groups in total. The summed E-state index contributed by atoms with van der Waals surface area (Å²) in [7, 11) is 1.57. The van der Waals surface area contributed by atoms with Gasteiger partial charge in [-0.15, -0.1) is 0 Å². The fourth-order valence-corrected chi connectivity index (χ4v) is 1.44. The van der Waals surface area contributed by atoms with Gasteiger partial charge in [-0.3, -0.25) is 9.55 Å². The van der Waals surface area contributed by atoms with E-state index in [-0.39, 0.29) is 5.69 Å². The summed E-state index contributed by atoms with van der Waals surface area (Å²) in [4.78, 5) is 18.1. The molecule has 0 bridgehead atoms. The van der Waals surface area contributed by atoms with Crippen molar-refractivity contribution in [1.29, 1.82) is 0 Å². The lowest BCUT2D eigenvalue weighted by Gasteiger charge is -2.00. The number of aryl methyl sites for hydroxylation is 1. The van der Waals surface area contributed by atoms with Crippen LogP contribution in [0, 0.1) is 0 Å². The summed E-state index contributed by atoms with van der Waals surface area (Å²) >= 11 is 0. The van der Waals surface area contributed by atoms with Crippen molar-refractivity contribution >= 4 is 11.2 Å². The number of hydrogen-bond donors (Lipinski definition) is 1. The molecule has 0 spiro atoms. The van der Waals surface area contributed by atoms with Crippen LogP contribution in [0.4, 0.5) is 0 Å². The van der Waals surface area contributed by atoms with Gasteiger partial charge in [0.15, 0.2) is 5.65 Å². The number of rotatable bonds is 2. The van der Waals surface area contributed by atoms with E-state index in [1.54, 1.807) is 23.9 Å². The second-order valence-corrected chi connectivity index (χ2v) is 2.92. The van der Waals surface area contributed by atoms with Gasteiger partial charge in [-0.25, -0.2) is 9.78 Å². The topological polar surface area (TPSA) is 59.9 Å². The Balaban J connectivity index is 2.77. The predicted octanol–water partition coefficient (Wildman–Crippen LogP) is 0.753. The number of aromatic amines is 1. The SMILES string of the molecule is CCn1c(=O)[nH]c2ncc(OC)cc21. The number of nitrogens with one attached hydrogen (secondary N) is 1. The molecule has 5 heteroatoms. The number of H-pyrrole nitrogens is 1. The first kappa shape index (κ1) is 8.80. The van der Waals surface area contributed by atoms with E-state index in [0.717, 1.165) is 5.52 Å². The van der Waals surface area contributed by atoms with Crippen molar-refractivity contribution in [3.63, 3.8) is 0 Å². The molecule has 14 heavy (non-hydrogen) atoms. The van der Waals surface area contributed by atoms with E-state index < -0.39 is 0 Å². The number of fused-ring (bicyclic) bond motifs is 1. The van der Waals surface area contributed by atoms with Crippen molar-refractivity contribution in [3.8, 4) is 5.75 Å². The average molecular weight is 193 g/mol. The van der Waals surface area contributed by atoms with Gasteiger partial charge in [0, 0.05) is 12.6 Å². The van der Waals surface area contributed by atoms with Crippen LogP contribution in [0.15, 0.2) is 17.1 Å². The minimum atomic E-state index is -0.136. The molecule has 2 aromatic heterocycles. The van der Waals surface area contributed by atoms with Crippen LogP contribution in [0.2, 0.25) is 0 Å². The van der Waals surface area contributed by atoms with Crippen LogP contribution in [0.1, 0.15) is 6.92 Å². The van der Waals surface area contributed by atoms with E-state index in [4.69, 9.17) is 4.74 Å². The van der Waals surface area contributed by atoms with Gasteiger partial charge < -0.3 is 4.74 Å². The zero-order valence-electron chi connectivity index (χ0n) is 8.07. The van der Waals surface area contributed by atoms with E-state index in [1.165, 1.54) is 0 Å². The van der Waals surface area contributed by atoms with Crippen molar-refractivity contribution in [2.45, 2.75) is 13.5 Å². The largest absolute Gasteiger partial charge is 0.495 e. The molecule has 0 amide bonds. The van der Waals surface area contributed by atoms with Crippen molar-refractivity contribution in [2.24, 2.45) is 0 Å². The molecular weight excluding hydrogens is 182 g/mol. The van der Waals surface area contributed by atoms with Gasteiger partial charge in [0.25, 0.3) is 0 Å². The van der Waals surface area contributed by atoms with Crippen LogP contribution in [0.25, 0.3) is 11.2 Å². The zero-order valence-corrected chi connectivity index (χ0v) is 8.07. The monoisotopic (exact) mass is 193 g/mol. The van der Waals surface area contributed by atoms with Gasteiger partial charge in [-0.1, -0.05) is 0 Å². The highest BCUT2D eigenvalue weighted by atomic mass is 16.5. The molecule has 5 nitrogen and oxygen atoms in total. The summed E-state index contributed by atoms with van der Waals surface area (Å²) < 4.78 is 6.66. The van der Waals surface area contributed by atoms with Crippen LogP contribution in [-0.4, -0.2) is 21.6 Å². The van der Waals surface area contributed by atoms with Gasteiger partial charge in [-0.05, 0) is 6.92 Å². The number of pyridine rings is 1. The molecule has 74 valence electrons. The molecule has 2 aromatic rings. The Kier molecular flexibility index (Phi) is 1.99. The Morgan fingerprint density at radius 3 is 3.07 bits per heavy atom. The van der Waals surface area contributed by atoms with Gasteiger partial charge in [0.05, 0.1) is 18.8 Å². The summed E-state index contributed by atoms with van der Waals surface area (Å²) in [6, 6.07) is 1.80. The lowest BCUT2D eigenvalue weighted by molar-refractivity contribution is 0.413. The summed E-state index contributed by atoms with van der Waals surface area (Å²) in [5.41, 5.74) is 1.23. The Bertz CT molecular complexity index is 512. The Hall–Kier alpha value is -1.78. The minimum Gasteiger partial charge on any atom is -0.495 e. The van der Waals surface area contributed by atoms with E-state index in [1.807, 2.05) is 6.92 Å². The molecule has 0 radical (unpaired) electrons. The predicted molar refractivity (Wildman–Crippen MR) is 52.6 cm³/mol. The van der Waals surface area contributed by atoms with Crippen molar-refractivity contribution in [2.75, 3.05) is 7.11 Å². The molecule has 0 saturated heterocycles. The molecule has 0 aliphatic heterocycles. The lowest BCUT2D eigenvalue weighted by Crippen LogP contribution is -2.14. The normalized spacial score (nSPS) is 10.7. The van der Waals surface area contributed by atoms with Crippen LogP contribution >= 0.6 is 0 Å². The first-order valence-electron chi connectivity index (χ1n) is 4.38. The number of methoxy groups -OCH3 is 1. The van der Waals surface area contributed by atoms with E-state index in [9.17, 15) is 4.79 Å². The number of imidazole rings is 1. The van der Waals surface area contributed by atoms with Crippen LogP contribution in [0.3, 0.4) is 0 Å². The first-order valence-corrected chi connectivity index (χ1v) is 4.38. The van der Waals surface area contributed by atoms with E-state index in [0.29, 0.717) is 17.9 Å². The molecule has 0 fully saturated rings. The smallest absolute Gasteiger partial charge is 0.327 e. The maximum absolute atomic E-state index is 11.4. The summed E-state index contributed by atoms with van der Waals surface area (Å²) in [6.07, 6.45) is 1.58. The zero-order chi connectivity index (χ0) is 10.1. The molecule has 0 unspecified atom stereocenters. The second kappa shape index (κ2) is 3.17. The van der Waals surface area contributed by atoms with E-state index >= 15 is 0 Å². The molecular formula is C9H11N3O2. The highest BCUT2D eigenvalue weighted by Gasteiger charge is 2.06. The van der Waals surface area contributed by atoms with Crippen molar-refractivity contribution in [3.05, 3.63) is 22.7 Å². The third kappa shape index (κ3) is 1.17. The first-order chi connectivity index (χ1) is 6.76. The van der Waals surface area contributed by atoms with Gasteiger partial charge >= 0.3 is 5.69 Å². The fraction of sp³-hybridized carbons (Fsp3) is 0.333. The Morgan fingerprint density at radius 2 is 2.43 bits per heavy atom. The number of ether oxygens (including phenoxy) is 1. The molecule has 0 aromatic carbocycles. The maximum Gasteiger partial charge on any atom is 0.327 e. The van der Waals surface area contributed by atoms with Crippen LogP contribution < -0.4 is 10.4 Å². The highest BCUT2D eigenvalue weighted by molar-refractivity contribution is 5.72. The molecule has 0 aliphatic carbocycles.